The number of nitro benzene ring substituents is 1. The maximum atomic E-state index is 13.0. The van der Waals surface area contributed by atoms with E-state index in [1.54, 1.807) is 0 Å². The van der Waals surface area contributed by atoms with Crippen molar-refractivity contribution in [3.05, 3.63) is 27.8 Å². The zero-order valence-electron chi connectivity index (χ0n) is 18.3. The first-order valence-corrected chi connectivity index (χ1v) is 9.97. The molecule has 1 aromatic rings. The van der Waals surface area contributed by atoms with Crippen LogP contribution in [0.5, 0.6) is 11.5 Å². The van der Waals surface area contributed by atoms with Crippen molar-refractivity contribution in [3.8, 4) is 11.5 Å². The quantitative estimate of drug-likeness (QED) is 0.326. The number of hydrogen-bond donors (Lipinski definition) is 0. The number of ether oxygens (including phenoxy) is 4. The van der Waals surface area contributed by atoms with E-state index in [1.807, 2.05) is 13.8 Å². The number of nitro groups is 1. The number of carbonyl (C=O) groups excluding carboxylic acids is 2. The second-order valence-corrected chi connectivity index (χ2v) is 7.37. The SMILES string of the molecule is COCCOc1cc([N+](=O)[O-])c(C(=O)N2CCN(C(=O)OCC(C)C)CC2)cc1OC. The molecule has 0 unspecified atom stereocenters. The molecule has 0 atom stereocenters. The number of benzene rings is 1. The van der Waals surface area contributed by atoms with Gasteiger partial charge in [0.15, 0.2) is 11.5 Å². The molecule has 2 amide bonds. The van der Waals surface area contributed by atoms with Crippen LogP contribution in [0, 0.1) is 16.0 Å². The van der Waals surface area contributed by atoms with Gasteiger partial charge in [-0.3, -0.25) is 14.9 Å². The lowest BCUT2D eigenvalue weighted by Gasteiger charge is -2.34. The number of hydrogen-bond acceptors (Lipinski definition) is 8. The zero-order chi connectivity index (χ0) is 23.0. The summed E-state index contributed by atoms with van der Waals surface area (Å²) >= 11 is 0. The number of amides is 2. The van der Waals surface area contributed by atoms with E-state index < -0.39 is 16.9 Å². The van der Waals surface area contributed by atoms with Gasteiger partial charge < -0.3 is 28.7 Å². The highest BCUT2D eigenvalue weighted by Gasteiger charge is 2.31. The molecule has 0 aromatic heterocycles. The molecule has 0 aliphatic carbocycles. The van der Waals surface area contributed by atoms with Crippen molar-refractivity contribution in [2.24, 2.45) is 5.92 Å². The third kappa shape index (κ3) is 6.45. The molecular formula is C20H29N3O8. The normalized spacial score (nSPS) is 13.8. The lowest BCUT2D eigenvalue weighted by molar-refractivity contribution is -0.385. The summed E-state index contributed by atoms with van der Waals surface area (Å²) in [4.78, 5) is 39.1. The Morgan fingerprint density at radius 3 is 2.26 bits per heavy atom. The highest BCUT2D eigenvalue weighted by atomic mass is 16.6. The second kappa shape index (κ2) is 11.3. The van der Waals surface area contributed by atoms with Crippen LogP contribution in [0.1, 0.15) is 24.2 Å². The standard InChI is InChI=1S/C20H29N3O8/c1-14(2)13-31-20(25)22-7-5-21(6-8-22)19(24)15-11-17(29-4)18(30-10-9-28-3)12-16(15)23(26)27/h11-12,14H,5-10,13H2,1-4H3. The molecule has 1 heterocycles. The van der Waals surface area contributed by atoms with Gasteiger partial charge in [0.2, 0.25) is 0 Å². The monoisotopic (exact) mass is 439 g/mol. The summed E-state index contributed by atoms with van der Waals surface area (Å²) in [5, 5.41) is 11.6. The third-order valence-electron chi connectivity index (χ3n) is 4.62. The molecule has 0 saturated carbocycles. The molecule has 1 aliphatic heterocycles. The summed E-state index contributed by atoms with van der Waals surface area (Å²) in [7, 11) is 2.90. The predicted molar refractivity (Wildman–Crippen MR) is 111 cm³/mol. The van der Waals surface area contributed by atoms with Gasteiger partial charge in [0.1, 0.15) is 12.2 Å². The van der Waals surface area contributed by atoms with E-state index in [0.29, 0.717) is 13.2 Å². The van der Waals surface area contributed by atoms with E-state index in [0.717, 1.165) is 0 Å². The summed E-state index contributed by atoms with van der Waals surface area (Å²) in [6, 6.07) is 2.49. The van der Waals surface area contributed by atoms with Gasteiger partial charge in [-0.15, -0.1) is 0 Å². The Morgan fingerprint density at radius 2 is 1.71 bits per heavy atom. The minimum Gasteiger partial charge on any atom is -0.493 e. The van der Waals surface area contributed by atoms with E-state index in [4.69, 9.17) is 18.9 Å². The molecular weight excluding hydrogens is 410 g/mol. The van der Waals surface area contributed by atoms with Crippen molar-refractivity contribution in [1.82, 2.24) is 9.80 Å². The third-order valence-corrected chi connectivity index (χ3v) is 4.62. The number of nitrogens with zero attached hydrogens (tertiary/aromatic N) is 3. The van der Waals surface area contributed by atoms with Gasteiger partial charge in [0, 0.05) is 39.4 Å². The number of carbonyl (C=O) groups is 2. The van der Waals surface area contributed by atoms with Gasteiger partial charge >= 0.3 is 6.09 Å². The van der Waals surface area contributed by atoms with Crippen LogP contribution in [0.15, 0.2) is 12.1 Å². The van der Waals surface area contributed by atoms with E-state index in [9.17, 15) is 19.7 Å². The number of rotatable bonds is 9. The van der Waals surface area contributed by atoms with Crippen LogP contribution in [0.4, 0.5) is 10.5 Å². The average Bonchev–Trinajstić information content (AvgIpc) is 2.76. The lowest BCUT2D eigenvalue weighted by Crippen LogP contribution is -2.50. The Bertz CT molecular complexity index is 791. The molecule has 11 nitrogen and oxygen atoms in total. The second-order valence-electron chi connectivity index (χ2n) is 7.37. The van der Waals surface area contributed by atoms with Crippen LogP contribution in [-0.2, 0) is 9.47 Å². The molecule has 1 saturated heterocycles. The van der Waals surface area contributed by atoms with E-state index >= 15 is 0 Å². The van der Waals surface area contributed by atoms with Gasteiger partial charge in [-0.05, 0) is 5.92 Å². The number of piperazine rings is 1. The van der Waals surface area contributed by atoms with Gasteiger partial charge in [-0.2, -0.15) is 0 Å². The fourth-order valence-corrected chi connectivity index (χ4v) is 2.97. The van der Waals surface area contributed by atoms with Crippen LogP contribution in [-0.4, -0.2) is 86.9 Å². The fourth-order valence-electron chi connectivity index (χ4n) is 2.97. The average molecular weight is 439 g/mol. The highest BCUT2D eigenvalue weighted by molar-refractivity contribution is 5.99. The Hall–Kier alpha value is -3.08. The van der Waals surface area contributed by atoms with Crippen molar-refractivity contribution >= 4 is 17.7 Å². The van der Waals surface area contributed by atoms with Crippen LogP contribution >= 0.6 is 0 Å². The summed E-state index contributed by atoms with van der Waals surface area (Å²) in [5.41, 5.74) is -0.478. The molecule has 1 fully saturated rings. The van der Waals surface area contributed by atoms with Crippen molar-refractivity contribution in [3.63, 3.8) is 0 Å². The Balaban J connectivity index is 2.14. The van der Waals surface area contributed by atoms with Crippen molar-refractivity contribution in [2.75, 3.05) is 60.2 Å². The minimum atomic E-state index is -0.630. The van der Waals surface area contributed by atoms with Crippen LogP contribution in [0.2, 0.25) is 0 Å². The molecule has 11 heteroatoms. The predicted octanol–water partition coefficient (Wildman–Crippen LogP) is 2.18. The molecule has 0 radical (unpaired) electrons. The summed E-state index contributed by atoms with van der Waals surface area (Å²) in [5.74, 6) is 0.0777. The van der Waals surface area contributed by atoms with Gasteiger partial charge in [-0.25, -0.2) is 4.79 Å². The van der Waals surface area contributed by atoms with E-state index in [-0.39, 0.29) is 61.5 Å². The van der Waals surface area contributed by atoms with Crippen LogP contribution in [0.3, 0.4) is 0 Å². The zero-order valence-corrected chi connectivity index (χ0v) is 18.3. The van der Waals surface area contributed by atoms with Gasteiger partial charge in [0.05, 0.1) is 31.3 Å². The van der Waals surface area contributed by atoms with Gasteiger partial charge in [-0.1, -0.05) is 13.8 Å². The molecule has 1 aliphatic rings. The fraction of sp³-hybridized carbons (Fsp3) is 0.600. The minimum absolute atomic E-state index is 0.100. The molecule has 2 rings (SSSR count). The topological polar surface area (TPSA) is 121 Å². The summed E-state index contributed by atoms with van der Waals surface area (Å²) in [6.45, 7) is 5.72. The maximum Gasteiger partial charge on any atom is 0.409 e. The maximum absolute atomic E-state index is 13.0. The van der Waals surface area contributed by atoms with Gasteiger partial charge in [0.25, 0.3) is 11.6 Å². The van der Waals surface area contributed by atoms with Crippen molar-refractivity contribution in [1.29, 1.82) is 0 Å². The summed E-state index contributed by atoms with van der Waals surface area (Å²) < 4.78 is 20.9. The van der Waals surface area contributed by atoms with Crippen molar-refractivity contribution in [2.45, 2.75) is 13.8 Å². The summed E-state index contributed by atoms with van der Waals surface area (Å²) in [6.07, 6.45) is -0.425. The molecule has 31 heavy (non-hydrogen) atoms. The first kappa shape index (κ1) is 24.2. The van der Waals surface area contributed by atoms with Crippen molar-refractivity contribution < 1.29 is 33.5 Å². The molecule has 0 spiro atoms. The Labute approximate surface area is 180 Å². The van der Waals surface area contributed by atoms with E-state index in [1.165, 1.54) is 36.2 Å². The number of methoxy groups -OCH3 is 2. The largest absolute Gasteiger partial charge is 0.493 e. The van der Waals surface area contributed by atoms with Crippen LogP contribution < -0.4 is 9.47 Å². The molecule has 0 N–H and O–H groups in total. The lowest BCUT2D eigenvalue weighted by atomic mass is 10.1. The highest BCUT2D eigenvalue weighted by Crippen LogP contribution is 2.35. The molecule has 1 aromatic carbocycles. The Morgan fingerprint density at radius 1 is 1.06 bits per heavy atom. The van der Waals surface area contributed by atoms with Crippen LogP contribution in [0.25, 0.3) is 0 Å². The first-order valence-electron chi connectivity index (χ1n) is 9.97. The Kier molecular flexibility index (Phi) is 8.86. The van der Waals surface area contributed by atoms with E-state index in [2.05, 4.69) is 0 Å². The molecule has 172 valence electrons. The smallest absolute Gasteiger partial charge is 0.409 e. The first-order chi connectivity index (χ1) is 14.8. The molecule has 0 bridgehead atoms.